The summed E-state index contributed by atoms with van der Waals surface area (Å²) in [6.45, 7) is 4.98. The smallest absolute Gasteiger partial charge is 0.336 e. The fraction of sp³-hybridized carbons (Fsp3) is 0.308. The fourth-order valence-electron chi connectivity index (χ4n) is 4.11. The first-order valence-corrected chi connectivity index (χ1v) is 13.0. The monoisotopic (exact) mass is 557 g/mol. The molecule has 2 N–H and O–H groups in total. The fourth-order valence-corrected chi connectivity index (χ4v) is 5.01. The first kappa shape index (κ1) is 29.3. The third kappa shape index (κ3) is 6.81. The number of ether oxygens (including phenoxy) is 2. The molecule has 0 aromatic heterocycles. The lowest BCUT2D eigenvalue weighted by molar-refractivity contribution is -0.385. The molecule has 0 bridgehead atoms. The van der Waals surface area contributed by atoms with E-state index in [0.717, 1.165) is 11.8 Å². The van der Waals surface area contributed by atoms with E-state index in [1.807, 2.05) is 0 Å². The van der Waals surface area contributed by atoms with E-state index in [1.54, 1.807) is 26.8 Å². The van der Waals surface area contributed by atoms with E-state index in [0.29, 0.717) is 22.5 Å². The quantitative estimate of drug-likeness (QED) is 0.175. The molecule has 0 saturated heterocycles. The van der Waals surface area contributed by atoms with Crippen LogP contribution in [0.4, 0.5) is 11.4 Å². The third-order valence-corrected chi connectivity index (χ3v) is 6.87. The Kier molecular flexibility index (Phi) is 9.79. The molecule has 2 aromatic rings. The van der Waals surface area contributed by atoms with Crippen molar-refractivity contribution in [2.45, 2.75) is 32.1 Å². The van der Waals surface area contributed by atoms with E-state index < -0.39 is 33.1 Å². The molecule has 0 fully saturated rings. The summed E-state index contributed by atoms with van der Waals surface area (Å²) in [5, 5.41) is 36.2. The van der Waals surface area contributed by atoms with E-state index in [1.165, 1.54) is 42.5 Å². The van der Waals surface area contributed by atoms with E-state index in [2.05, 4.69) is 5.32 Å². The molecule has 1 heterocycles. The van der Waals surface area contributed by atoms with Crippen molar-refractivity contribution in [2.75, 3.05) is 19.0 Å². The zero-order valence-corrected chi connectivity index (χ0v) is 22.2. The first-order valence-electron chi connectivity index (χ1n) is 11.9. The average Bonchev–Trinajstić information content (AvgIpc) is 2.91. The lowest BCUT2D eigenvalue weighted by Gasteiger charge is -2.31. The molecule has 2 unspecified atom stereocenters. The minimum Gasteiger partial charge on any atom is -0.463 e. The number of nitro groups is 2. The molecule has 3 rings (SSSR count). The molecule has 1 aliphatic heterocycles. The minimum atomic E-state index is -1.10. The number of thioether (sulfide) groups is 1. The highest BCUT2D eigenvalue weighted by Gasteiger charge is 2.39. The van der Waals surface area contributed by atoms with Crippen LogP contribution in [0, 0.1) is 20.2 Å². The Labute approximate surface area is 228 Å². The van der Waals surface area contributed by atoms with Gasteiger partial charge in [0.05, 0.1) is 40.1 Å². The summed E-state index contributed by atoms with van der Waals surface area (Å²) < 4.78 is 10.6. The number of nitrogens with one attached hydrogen (secondary N) is 1. The number of hydrogen-bond donors (Lipinski definition) is 2. The van der Waals surface area contributed by atoms with Gasteiger partial charge in [0.1, 0.15) is 5.44 Å². The number of esters is 2. The van der Waals surface area contributed by atoms with Gasteiger partial charge in [0.2, 0.25) is 0 Å². The number of nitrogens with zero attached hydrogens (tertiary/aromatic N) is 2. The van der Waals surface area contributed by atoms with E-state index in [-0.39, 0.29) is 41.5 Å². The average molecular weight is 558 g/mol. The predicted molar refractivity (Wildman–Crippen MR) is 142 cm³/mol. The van der Waals surface area contributed by atoms with Crippen molar-refractivity contribution in [2.24, 2.45) is 0 Å². The maximum atomic E-state index is 13.3. The zero-order valence-electron chi connectivity index (χ0n) is 21.4. The molecule has 0 radical (unpaired) electrons. The molecular formula is C26H27N3O9S. The second-order valence-corrected chi connectivity index (χ2v) is 9.36. The van der Waals surface area contributed by atoms with Crippen LogP contribution in [-0.2, 0) is 19.1 Å². The number of aliphatic hydroxyl groups is 1. The van der Waals surface area contributed by atoms with Crippen LogP contribution in [0.1, 0.15) is 43.3 Å². The molecule has 2 aromatic carbocycles. The Balaban J connectivity index is 2.08. The Hall–Kier alpha value is -4.23. The van der Waals surface area contributed by atoms with Crippen LogP contribution in [0.2, 0.25) is 0 Å². The van der Waals surface area contributed by atoms with Gasteiger partial charge in [-0.15, -0.1) is 11.8 Å². The van der Waals surface area contributed by atoms with Gasteiger partial charge in [-0.1, -0.05) is 12.1 Å². The van der Waals surface area contributed by atoms with Crippen molar-refractivity contribution in [1.29, 1.82) is 0 Å². The van der Waals surface area contributed by atoms with Crippen LogP contribution in [0.25, 0.3) is 0 Å². The molecule has 1 aliphatic rings. The number of carbonyl (C=O) groups excluding carboxylic acids is 2. The molecule has 0 saturated carbocycles. The molecule has 0 spiro atoms. The Morgan fingerprint density at radius 1 is 0.974 bits per heavy atom. The lowest BCUT2D eigenvalue weighted by Crippen LogP contribution is -2.34. The molecule has 0 aliphatic carbocycles. The number of non-ortho nitro benzene ring substituents is 2. The van der Waals surface area contributed by atoms with E-state index in [9.17, 15) is 34.9 Å². The normalized spacial score (nSPS) is 15.8. The van der Waals surface area contributed by atoms with Crippen LogP contribution in [-0.4, -0.2) is 45.9 Å². The Bertz CT molecular complexity index is 1340. The van der Waals surface area contributed by atoms with Gasteiger partial charge in [-0.2, -0.15) is 0 Å². The molecule has 2 atom stereocenters. The van der Waals surface area contributed by atoms with Gasteiger partial charge in [-0.3, -0.25) is 20.2 Å². The maximum Gasteiger partial charge on any atom is 0.336 e. The van der Waals surface area contributed by atoms with Crippen LogP contribution < -0.4 is 5.32 Å². The highest BCUT2D eigenvalue weighted by Crippen LogP contribution is 2.42. The summed E-state index contributed by atoms with van der Waals surface area (Å²) >= 11 is 1.03. The van der Waals surface area contributed by atoms with Gasteiger partial charge in [0.25, 0.3) is 11.4 Å². The summed E-state index contributed by atoms with van der Waals surface area (Å²) in [4.78, 5) is 47.6. The minimum absolute atomic E-state index is 0.0350. The van der Waals surface area contributed by atoms with Crippen LogP contribution in [0.3, 0.4) is 0 Å². The largest absolute Gasteiger partial charge is 0.463 e. The second-order valence-electron chi connectivity index (χ2n) is 8.29. The number of benzene rings is 2. The van der Waals surface area contributed by atoms with Crippen molar-refractivity contribution >= 4 is 35.1 Å². The van der Waals surface area contributed by atoms with Gasteiger partial charge >= 0.3 is 11.9 Å². The molecule has 206 valence electrons. The molecular weight excluding hydrogens is 530 g/mol. The summed E-state index contributed by atoms with van der Waals surface area (Å²) in [6, 6.07) is 11.0. The van der Waals surface area contributed by atoms with Crippen LogP contribution in [0.5, 0.6) is 0 Å². The lowest BCUT2D eigenvalue weighted by atomic mass is 9.80. The molecule has 13 heteroatoms. The SMILES string of the molecule is CCOC(=O)C1=C(C)NC(CSC(O)c2ccc([N+](=O)[O-])cc2)=C(C(=O)OCC)C1c1cccc([N+](=O)[O-])c1. The number of carbonyl (C=O) groups is 2. The number of hydrogen-bond acceptors (Lipinski definition) is 11. The Morgan fingerprint density at radius 3 is 2.13 bits per heavy atom. The topological polar surface area (TPSA) is 171 Å². The summed E-state index contributed by atoms with van der Waals surface area (Å²) in [6.07, 6.45) is 0. The predicted octanol–water partition coefficient (Wildman–Crippen LogP) is 4.27. The van der Waals surface area contributed by atoms with Gasteiger partial charge < -0.3 is 19.9 Å². The van der Waals surface area contributed by atoms with Gasteiger partial charge in [0.15, 0.2) is 0 Å². The van der Waals surface area contributed by atoms with Crippen molar-refractivity contribution in [3.05, 3.63) is 102 Å². The number of allylic oxidation sites excluding steroid dienone is 1. The van der Waals surface area contributed by atoms with Crippen LogP contribution in [0.15, 0.2) is 71.1 Å². The van der Waals surface area contributed by atoms with E-state index >= 15 is 0 Å². The van der Waals surface area contributed by atoms with Crippen molar-refractivity contribution in [3.8, 4) is 0 Å². The molecule has 12 nitrogen and oxygen atoms in total. The van der Waals surface area contributed by atoms with Crippen molar-refractivity contribution in [3.63, 3.8) is 0 Å². The van der Waals surface area contributed by atoms with Gasteiger partial charge in [-0.25, -0.2) is 9.59 Å². The van der Waals surface area contributed by atoms with Crippen molar-refractivity contribution in [1.82, 2.24) is 5.32 Å². The second kappa shape index (κ2) is 13.0. The van der Waals surface area contributed by atoms with Crippen LogP contribution >= 0.6 is 11.8 Å². The highest BCUT2D eigenvalue weighted by atomic mass is 32.2. The van der Waals surface area contributed by atoms with Crippen molar-refractivity contribution < 1.29 is 34.0 Å². The van der Waals surface area contributed by atoms with Gasteiger partial charge in [0, 0.05) is 41.4 Å². The van der Waals surface area contributed by atoms with Gasteiger partial charge in [-0.05, 0) is 44.0 Å². The molecule has 39 heavy (non-hydrogen) atoms. The number of dihydropyridines is 1. The standard InChI is InChI=1S/C26H27N3O9S/c1-4-37-24(30)21-15(3)27-20(14-39-26(32)16-9-11-18(12-10-16)28(33)34)23(25(31)38-5-2)22(21)17-7-6-8-19(13-17)29(35)36/h6-13,22,26-27,32H,4-5,14H2,1-3H3. The molecule has 0 amide bonds. The third-order valence-electron chi connectivity index (χ3n) is 5.82. The highest BCUT2D eigenvalue weighted by molar-refractivity contribution is 7.99. The number of aliphatic hydroxyl groups excluding tert-OH is 1. The summed E-state index contributed by atoms with van der Waals surface area (Å²) in [5.74, 6) is -2.43. The number of rotatable bonds is 11. The number of nitro benzene ring substituents is 2. The first-order chi connectivity index (χ1) is 18.6. The summed E-state index contributed by atoms with van der Waals surface area (Å²) in [5.41, 5.74) is 0.141. The van der Waals surface area contributed by atoms with E-state index in [4.69, 9.17) is 9.47 Å². The maximum absolute atomic E-state index is 13.3. The summed E-state index contributed by atoms with van der Waals surface area (Å²) in [7, 11) is 0. The Morgan fingerprint density at radius 2 is 1.56 bits per heavy atom. The zero-order chi connectivity index (χ0) is 28.7.